The second kappa shape index (κ2) is 6.18. The summed E-state index contributed by atoms with van der Waals surface area (Å²) >= 11 is 5.81. The number of hydrogen-bond donors (Lipinski definition) is 1. The van der Waals surface area contributed by atoms with Crippen LogP contribution in [0.15, 0.2) is 42.5 Å². The molecular weight excluding hydrogens is 316 g/mol. The summed E-state index contributed by atoms with van der Waals surface area (Å²) in [5, 5.41) is 15.2. The maximum atomic E-state index is 11.0. The number of nitrogens with zero attached hydrogens (tertiary/aromatic N) is 3. The van der Waals surface area contributed by atoms with Crippen molar-refractivity contribution in [2.24, 2.45) is 0 Å². The van der Waals surface area contributed by atoms with Crippen LogP contribution in [0, 0.1) is 17.0 Å². The first kappa shape index (κ1) is 15.2. The third-order valence-electron chi connectivity index (χ3n) is 3.39. The molecule has 0 atom stereocenters. The number of halogens is 1. The van der Waals surface area contributed by atoms with Gasteiger partial charge in [-0.3, -0.25) is 15.1 Å². The van der Waals surface area contributed by atoms with Crippen LogP contribution in [0.1, 0.15) is 11.3 Å². The zero-order valence-electron chi connectivity index (χ0n) is 12.3. The van der Waals surface area contributed by atoms with Crippen molar-refractivity contribution >= 4 is 34.0 Å². The number of aryl methyl sites for hydroxylation is 1. The molecule has 23 heavy (non-hydrogen) atoms. The van der Waals surface area contributed by atoms with E-state index < -0.39 is 4.92 Å². The molecule has 3 rings (SSSR count). The topological polar surface area (TPSA) is 81.0 Å². The third kappa shape index (κ3) is 3.37. The van der Waals surface area contributed by atoms with E-state index in [1.54, 1.807) is 0 Å². The summed E-state index contributed by atoms with van der Waals surface area (Å²) in [5.74, 6) is 0.157. The fraction of sp³-hybridized carbons (Fsp3) is 0.125. The number of nitrogens with one attached hydrogen (secondary N) is 1. The predicted molar refractivity (Wildman–Crippen MR) is 89.7 cm³/mol. The number of hydrogen-bond acceptors (Lipinski definition) is 5. The Bertz CT molecular complexity index is 898. The molecular formula is C16H13ClN4O2. The molecule has 116 valence electrons. The lowest BCUT2D eigenvalue weighted by molar-refractivity contribution is -0.384. The number of anilines is 1. The Morgan fingerprint density at radius 1 is 1.17 bits per heavy atom. The highest BCUT2D eigenvalue weighted by atomic mass is 35.5. The Hall–Kier alpha value is -2.73. The van der Waals surface area contributed by atoms with E-state index in [1.807, 2.05) is 37.3 Å². The van der Waals surface area contributed by atoms with E-state index in [2.05, 4.69) is 15.3 Å². The van der Waals surface area contributed by atoms with E-state index in [9.17, 15) is 10.1 Å². The Labute approximate surface area is 137 Å². The molecule has 1 N–H and O–H groups in total. The highest BCUT2D eigenvalue weighted by molar-refractivity contribution is 6.29. The van der Waals surface area contributed by atoms with E-state index in [0.717, 1.165) is 22.2 Å². The lowest BCUT2D eigenvalue weighted by atomic mass is 10.1. The lowest BCUT2D eigenvalue weighted by Gasteiger charge is -2.08. The Morgan fingerprint density at radius 3 is 2.78 bits per heavy atom. The van der Waals surface area contributed by atoms with Gasteiger partial charge in [-0.2, -0.15) is 0 Å². The van der Waals surface area contributed by atoms with Crippen molar-refractivity contribution in [1.29, 1.82) is 0 Å². The Kier molecular flexibility index (Phi) is 4.08. The summed E-state index contributed by atoms with van der Waals surface area (Å²) in [6.07, 6.45) is 0. The van der Waals surface area contributed by atoms with Crippen LogP contribution in [0.5, 0.6) is 0 Å². The van der Waals surface area contributed by atoms with Gasteiger partial charge < -0.3 is 5.32 Å². The summed E-state index contributed by atoms with van der Waals surface area (Å²) in [6, 6.07) is 12.5. The molecule has 2 aromatic heterocycles. The fourth-order valence-corrected chi connectivity index (χ4v) is 2.43. The van der Waals surface area contributed by atoms with Crippen LogP contribution < -0.4 is 5.32 Å². The number of fused-ring (bicyclic) bond motifs is 1. The largest absolute Gasteiger partial charge is 0.360 e. The van der Waals surface area contributed by atoms with Crippen molar-refractivity contribution in [3.05, 3.63) is 69.0 Å². The molecule has 0 spiro atoms. The van der Waals surface area contributed by atoms with Crippen molar-refractivity contribution in [2.75, 3.05) is 5.32 Å². The number of rotatable bonds is 4. The molecule has 0 unspecified atom stereocenters. The predicted octanol–water partition coefficient (Wildman–Crippen LogP) is 4.11. The zero-order valence-corrected chi connectivity index (χ0v) is 13.0. The standard InChI is InChI=1S/C16H13ClN4O2/c1-10-2-4-12-8-11(3-5-13(12)19-10)9-18-16-14(21(22)23)6-7-15(17)20-16/h2-8H,9H2,1H3,(H,18,20). The van der Waals surface area contributed by atoms with Crippen LogP contribution in [0.2, 0.25) is 5.15 Å². The van der Waals surface area contributed by atoms with Gasteiger partial charge in [-0.15, -0.1) is 0 Å². The molecule has 0 amide bonds. The molecule has 0 bridgehead atoms. The van der Waals surface area contributed by atoms with Crippen molar-refractivity contribution in [1.82, 2.24) is 9.97 Å². The van der Waals surface area contributed by atoms with Crippen molar-refractivity contribution in [2.45, 2.75) is 13.5 Å². The van der Waals surface area contributed by atoms with Gasteiger partial charge in [0.25, 0.3) is 0 Å². The van der Waals surface area contributed by atoms with Crippen LogP contribution in [0.4, 0.5) is 11.5 Å². The van der Waals surface area contributed by atoms with E-state index in [0.29, 0.717) is 6.54 Å². The number of nitro groups is 1. The van der Waals surface area contributed by atoms with E-state index in [-0.39, 0.29) is 16.7 Å². The maximum absolute atomic E-state index is 11.0. The molecule has 3 aromatic rings. The van der Waals surface area contributed by atoms with Gasteiger partial charge in [-0.05, 0) is 36.8 Å². The minimum atomic E-state index is -0.487. The van der Waals surface area contributed by atoms with Gasteiger partial charge in [-0.1, -0.05) is 23.7 Å². The summed E-state index contributed by atoms with van der Waals surface area (Å²) in [4.78, 5) is 19.0. The van der Waals surface area contributed by atoms with E-state index in [1.165, 1.54) is 12.1 Å². The molecule has 2 heterocycles. The van der Waals surface area contributed by atoms with Gasteiger partial charge in [-0.25, -0.2) is 4.98 Å². The number of benzene rings is 1. The maximum Gasteiger partial charge on any atom is 0.311 e. The van der Waals surface area contributed by atoms with Crippen LogP contribution in [0.25, 0.3) is 10.9 Å². The van der Waals surface area contributed by atoms with Crippen LogP contribution in [-0.4, -0.2) is 14.9 Å². The molecule has 0 aliphatic carbocycles. The molecule has 0 fully saturated rings. The summed E-state index contributed by atoms with van der Waals surface area (Å²) in [7, 11) is 0. The molecule has 0 saturated carbocycles. The molecule has 0 aliphatic heterocycles. The number of pyridine rings is 2. The van der Waals surface area contributed by atoms with Gasteiger partial charge in [0, 0.05) is 23.7 Å². The van der Waals surface area contributed by atoms with Crippen LogP contribution >= 0.6 is 11.6 Å². The first-order chi connectivity index (χ1) is 11.0. The van der Waals surface area contributed by atoms with Crippen LogP contribution in [0.3, 0.4) is 0 Å². The molecule has 7 heteroatoms. The number of aromatic nitrogens is 2. The van der Waals surface area contributed by atoms with Crippen molar-refractivity contribution in [3.63, 3.8) is 0 Å². The summed E-state index contributed by atoms with van der Waals surface area (Å²) in [6.45, 7) is 2.34. The van der Waals surface area contributed by atoms with Crippen LogP contribution in [-0.2, 0) is 6.54 Å². The third-order valence-corrected chi connectivity index (χ3v) is 3.60. The monoisotopic (exact) mass is 328 g/mol. The molecule has 0 saturated heterocycles. The van der Waals surface area contributed by atoms with E-state index >= 15 is 0 Å². The SMILES string of the molecule is Cc1ccc2cc(CNc3nc(Cl)ccc3[N+](=O)[O-])ccc2n1. The molecule has 0 aliphatic rings. The normalized spacial score (nSPS) is 10.7. The average Bonchev–Trinajstić information content (AvgIpc) is 2.52. The summed E-state index contributed by atoms with van der Waals surface area (Å²) < 4.78 is 0. The smallest absolute Gasteiger partial charge is 0.311 e. The molecule has 1 aromatic carbocycles. The van der Waals surface area contributed by atoms with Crippen molar-refractivity contribution < 1.29 is 4.92 Å². The second-order valence-electron chi connectivity index (χ2n) is 5.09. The quantitative estimate of drug-likeness (QED) is 0.443. The van der Waals surface area contributed by atoms with Gasteiger partial charge in [0.05, 0.1) is 10.4 Å². The van der Waals surface area contributed by atoms with Crippen molar-refractivity contribution in [3.8, 4) is 0 Å². The fourth-order valence-electron chi connectivity index (χ4n) is 2.28. The van der Waals surface area contributed by atoms with Gasteiger partial charge in [0.2, 0.25) is 5.82 Å². The first-order valence-corrected chi connectivity index (χ1v) is 7.32. The van der Waals surface area contributed by atoms with Gasteiger partial charge in [0.1, 0.15) is 5.15 Å². The molecule has 0 radical (unpaired) electrons. The highest BCUT2D eigenvalue weighted by Crippen LogP contribution is 2.24. The second-order valence-corrected chi connectivity index (χ2v) is 5.48. The first-order valence-electron chi connectivity index (χ1n) is 6.94. The summed E-state index contributed by atoms with van der Waals surface area (Å²) in [5.41, 5.74) is 2.74. The van der Waals surface area contributed by atoms with Gasteiger partial charge >= 0.3 is 5.69 Å². The molecule has 6 nitrogen and oxygen atoms in total. The zero-order chi connectivity index (χ0) is 16.4. The Morgan fingerprint density at radius 2 is 2.00 bits per heavy atom. The average molecular weight is 329 g/mol. The van der Waals surface area contributed by atoms with Gasteiger partial charge in [0.15, 0.2) is 0 Å². The van der Waals surface area contributed by atoms with E-state index in [4.69, 9.17) is 11.6 Å². The minimum Gasteiger partial charge on any atom is -0.360 e. The minimum absolute atomic E-state index is 0.104. The lowest BCUT2D eigenvalue weighted by Crippen LogP contribution is -2.05. The highest BCUT2D eigenvalue weighted by Gasteiger charge is 2.15. The Balaban J connectivity index is 1.85.